The summed E-state index contributed by atoms with van der Waals surface area (Å²) < 4.78 is 0.947. The smallest absolute Gasteiger partial charge is 0.319 e. The molecule has 2 N–H and O–H groups in total. The minimum atomic E-state index is -0.157. The number of carbonyl (C=O) groups excluding carboxylic acids is 1. The highest BCUT2D eigenvalue weighted by molar-refractivity contribution is 9.10. The molecule has 4 heteroatoms. The number of halogens is 1. The first kappa shape index (κ1) is 14.1. The molecule has 1 aliphatic carbocycles. The van der Waals surface area contributed by atoms with Gasteiger partial charge in [-0.25, -0.2) is 4.79 Å². The van der Waals surface area contributed by atoms with Crippen molar-refractivity contribution < 1.29 is 4.79 Å². The van der Waals surface area contributed by atoms with Crippen LogP contribution in [0.2, 0.25) is 0 Å². The summed E-state index contributed by atoms with van der Waals surface area (Å²) in [5.74, 6) is 0. The lowest BCUT2D eigenvalue weighted by Crippen LogP contribution is -2.35. The number of urea groups is 1. The van der Waals surface area contributed by atoms with Gasteiger partial charge in [-0.15, -0.1) is 0 Å². The topological polar surface area (TPSA) is 41.1 Å². The number of amides is 2. The third kappa shape index (κ3) is 3.45. The maximum absolute atomic E-state index is 12.0. The van der Waals surface area contributed by atoms with Gasteiger partial charge >= 0.3 is 6.03 Å². The standard InChI is InChI=1S/C17H17BrN2O/c18-14-7-4-8-15(11-14)20-16(21)19-12-17(9-10-17)13-5-2-1-3-6-13/h1-8,11H,9-10,12H2,(H2,19,20,21). The van der Waals surface area contributed by atoms with Crippen LogP contribution in [0.5, 0.6) is 0 Å². The van der Waals surface area contributed by atoms with E-state index >= 15 is 0 Å². The molecule has 0 heterocycles. The molecule has 0 aromatic heterocycles. The fourth-order valence-corrected chi connectivity index (χ4v) is 2.90. The van der Waals surface area contributed by atoms with Crippen molar-refractivity contribution in [3.05, 3.63) is 64.6 Å². The molecule has 0 radical (unpaired) electrons. The average molecular weight is 345 g/mol. The fraction of sp³-hybridized carbons (Fsp3) is 0.235. The maximum atomic E-state index is 12.0. The Bertz CT molecular complexity index is 638. The zero-order chi connectivity index (χ0) is 14.7. The van der Waals surface area contributed by atoms with Crippen molar-refractivity contribution in [2.45, 2.75) is 18.3 Å². The number of carbonyl (C=O) groups is 1. The van der Waals surface area contributed by atoms with Gasteiger partial charge in [0, 0.05) is 22.1 Å². The second-order valence-corrected chi connectivity index (χ2v) is 6.38. The van der Waals surface area contributed by atoms with Crippen LogP contribution in [0, 0.1) is 0 Å². The molecule has 0 spiro atoms. The summed E-state index contributed by atoms with van der Waals surface area (Å²) in [6, 6.07) is 17.8. The lowest BCUT2D eigenvalue weighted by molar-refractivity contribution is 0.251. The monoisotopic (exact) mass is 344 g/mol. The highest BCUT2D eigenvalue weighted by atomic mass is 79.9. The quantitative estimate of drug-likeness (QED) is 0.852. The molecule has 2 aromatic carbocycles. The first-order valence-corrected chi connectivity index (χ1v) is 7.83. The number of anilines is 1. The summed E-state index contributed by atoms with van der Waals surface area (Å²) in [7, 11) is 0. The molecule has 0 saturated heterocycles. The number of benzene rings is 2. The van der Waals surface area contributed by atoms with Crippen LogP contribution in [0.25, 0.3) is 0 Å². The van der Waals surface area contributed by atoms with Gasteiger partial charge in [0.05, 0.1) is 0 Å². The van der Waals surface area contributed by atoms with Gasteiger partial charge in [-0.2, -0.15) is 0 Å². The molecular formula is C17H17BrN2O. The molecule has 0 bridgehead atoms. The van der Waals surface area contributed by atoms with E-state index in [4.69, 9.17) is 0 Å². The summed E-state index contributed by atoms with van der Waals surface area (Å²) in [4.78, 5) is 12.0. The Morgan fingerprint density at radius 3 is 2.52 bits per heavy atom. The molecule has 0 atom stereocenters. The Balaban J connectivity index is 1.57. The molecule has 1 saturated carbocycles. The van der Waals surface area contributed by atoms with Crippen LogP contribution in [0.4, 0.5) is 10.5 Å². The predicted octanol–water partition coefficient (Wildman–Crippen LogP) is 4.30. The van der Waals surface area contributed by atoms with Gasteiger partial charge in [0.15, 0.2) is 0 Å². The van der Waals surface area contributed by atoms with Crippen LogP contribution >= 0.6 is 15.9 Å². The zero-order valence-electron chi connectivity index (χ0n) is 11.6. The van der Waals surface area contributed by atoms with Crippen molar-refractivity contribution in [3.63, 3.8) is 0 Å². The van der Waals surface area contributed by atoms with Gasteiger partial charge in [-0.3, -0.25) is 0 Å². The Morgan fingerprint density at radius 1 is 1.10 bits per heavy atom. The normalized spacial score (nSPS) is 15.3. The Hall–Kier alpha value is -1.81. The SMILES string of the molecule is O=C(NCC1(c2ccccc2)CC1)Nc1cccc(Br)c1. The molecule has 2 amide bonds. The van der Waals surface area contributed by atoms with E-state index in [-0.39, 0.29) is 11.4 Å². The third-order valence-corrected chi connectivity index (χ3v) is 4.40. The van der Waals surface area contributed by atoms with Gasteiger partial charge in [0.1, 0.15) is 0 Å². The lowest BCUT2D eigenvalue weighted by atomic mass is 9.96. The van der Waals surface area contributed by atoms with E-state index in [1.165, 1.54) is 5.56 Å². The number of rotatable bonds is 4. The fourth-order valence-electron chi connectivity index (χ4n) is 2.50. The van der Waals surface area contributed by atoms with E-state index in [0.29, 0.717) is 6.54 Å². The molecule has 1 fully saturated rings. The Kier molecular flexibility index (Phi) is 3.97. The van der Waals surface area contributed by atoms with Gasteiger partial charge in [-0.1, -0.05) is 52.3 Å². The third-order valence-electron chi connectivity index (χ3n) is 3.91. The Morgan fingerprint density at radius 2 is 1.86 bits per heavy atom. The van der Waals surface area contributed by atoms with Gasteiger partial charge in [0.25, 0.3) is 0 Å². The van der Waals surface area contributed by atoms with Crippen molar-refractivity contribution in [2.24, 2.45) is 0 Å². The van der Waals surface area contributed by atoms with Crippen LogP contribution in [0.3, 0.4) is 0 Å². The molecule has 3 nitrogen and oxygen atoms in total. The van der Waals surface area contributed by atoms with E-state index in [1.54, 1.807) is 0 Å². The molecule has 0 aliphatic heterocycles. The molecule has 0 unspecified atom stereocenters. The minimum absolute atomic E-state index is 0.135. The van der Waals surface area contributed by atoms with Gasteiger partial charge < -0.3 is 10.6 Å². The van der Waals surface area contributed by atoms with Gasteiger partial charge in [-0.05, 0) is 36.6 Å². The van der Waals surface area contributed by atoms with Crippen molar-refractivity contribution in [1.82, 2.24) is 5.32 Å². The van der Waals surface area contributed by atoms with E-state index in [0.717, 1.165) is 23.0 Å². The van der Waals surface area contributed by atoms with Crippen LogP contribution < -0.4 is 10.6 Å². The minimum Gasteiger partial charge on any atom is -0.337 e. The summed E-state index contributed by atoms with van der Waals surface area (Å²) in [6.45, 7) is 0.677. The van der Waals surface area contributed by atoms with Crippen molar-refractivity contribution in [1.29, 1.82) is 0 Å². The number of nitrogens with one attached hydrogen (secondary N) is 2. The molecule has 2 aromatic rings. The van der Waals surface area contributed by atoms with E-state index in [9.17, 15) is 4.79 Å². The number of hydrogen-bond acceptors (Lipinski definition) is 1. The average Bonchev–Trinajstić information content (AvgIpc) is 3.27. The summed E-state index contributed by atoms with van der Waals surface area (Å²) in [6.07, 6.45) is 2.27. The van der Waals surface area contributed by atoms with Gasteiger partial charge in [0.2, 0.25) is 0 Å². The highest BCUT2D eigenvalue weighted by Crippen LogP contribution is 2.47. The van der Waals surface area contributed by atoms with Crippen molar-refractivity contribution in [3.8, 4) is 0 Å². The van der Waals surface area contributed by atoms with Crippen molar-refractivity contribution >= 4 is 27.6 Å². The first-order chi connectivity index (χ1) is 10.2. The molecule has 1 aliphatic rings. The second kappa shape index (κ2) is 5.90. The van der Waals surface area contributed by atoms with E-state index < -0.39 is 0 Å². The summed E-state index contributed by atoms with van der Waals surface area (Å²) >= 11 is 3.39. The van der Waals surface area contributed by atoms with Crippen LogP contribution in [0.15, 0.2) is 59.1 Å². The number of hydrogen-bond donors (Lipinski definition) is 2. The van der Waals surface area contributed by atoms with Crippen molar-refractivity contribution in [2.75, 3.05) is 11.9 Å². The van der Waals surface area contributed by atoms with E-state index in [2.05, 4.69) is 50.8 Å². The predicted molar refractivity (Wildman–Crippen MR) is 88.5 cm³/mol. The highest BCUT2D eigenvalue weighted by Gasteiger charge is 2.44. The van der Waals surface area contributed by atoms with E-state index in [1.807, 2.05) is 30.3 Å². The molecule has 108 valence electrons. The van der Waals surface area contributed by atoms with Crippen LogP contribution in [-0.2, 0) is 5.41 Å². The lowest BCUT2D eigenvalue weighted by Gasteiger charge is -2.17. The maximum Gasteiger partial charge on any atom is 0.319 e. The molecule has 3 rings (SSSR count). The second-order valence-electron chi connectivity index (χ2n) is 5.46. The first-order valence-electron chi connectivity index (χ1n) is 7.04. The summed E-state index contributed by atoms with van der Waals surface area (Å²) in [5, 5.41) is 5.84. The zero-order valence-corrected chi connectivity index (χ0v) is 13.2. The van der Waals surface area contributed by atoms with Crippen LogP contribution in [-0.4, -0.2) is 12.6 Å². The Labute approximate surface area is 132 Å². The molecular weight excluding hydrogens is 328 g/mol. The van der Waals surface area contributed by atoms with Crippen LogP contribution in [0.1, 0.15) is 18.4 Å². The molecule has 21 heavy (non-hydrogen) atoms. The summed E-state index contributed by atoms with van der Waals surface area (Å²) in [5.41, 5.74) is 2.23. The largest absolute Gasteiger partial charge is 0.337 e.